The van der Waals surface area contributed by atoms with Crippen LogP contribution in [0.15, 0.2) is 83.3 Å². The number of aromatic nitrogens is 1. The van der Waals surface area contributed by atoms with Crippen LogP contribution in [0.2, 0.25) is 0 Å². The minimum atomic E-state index is -0.0903. The lowest BCUT2D eigenvalue weighted by molar-refractivity contribution is 0.194. The molecule has 2 fully saturated rings. The monoisotopic (exact) mass is 858 g/mol. The van der Waals surface area contributed by atoms with Crippen molar-refractivity contribution in [1.82, 2.24) is 4.57 Å². The Labute approximate surface area is 387 Å². The Hall–Kier alpha value is -4.90. The second kappa shape index (κ2) is 12.2. The van der Waals surface area contributed by atoms with E-state index in [4.69, 9.17) is 4.42 Å². The summed E-state index contributed by atoms with van der Waals surface area (Å²) in [7, 11) is 0. The van der Waals surface area contributed by atoms with Gasteiger partial charge in [0.2, 0.25) is 5.71 Å². The maximum Gasteiger partial charge on any atom is 0.252 e. The third kappa shape index (κ3) is 4.77. The summed E-state index contributed by atoms with van der Waals surface area (Å²) in [4.78, 5) is 5.80. The third-order valence-electron chi connectivity index (χ3n) is 19.1. The molecule has 2 saturated carbocycles. The van der Waals surface area contributed by atoms with Crippen molar-refractivity contribution in [3.63, 3.8) is 0 Å². The van der Waals surface area contributed by atoms with Crippen LogP contribution in [0, 0.1) is 0 Å². The van der Waals surface area contributed by atoms with Crippen molar-refractivity contribution < 1.29 is 4.42 Å². The number of para-hydroxylation sites is 1. The van der Waals surface area contributed by atoms with Crippen molar-refractivity contribution in [2.45, 2.75) is 180 Å². The second-order valence-electron chi connectivity index (χ2n) is 25.6. The Kier molecular flexibility index (Phi) is 7.55. The van der Waals surface area contributed by atoms with Crippen LogP contribution < -0.4 is 26.2 Å². The summed E-state index contributed by atoms with van der Waals surface area (Å²) in [5.41, 5.74) is 21.8. The molecular weight excluding hydrogens is 789 g/mol. The van der Waals surface area contributed by atoms with Crippen LogP contribution in [0.4, 0.5) is 22.7 Å². The summed E-state index contributed by atoms with van der Waals surface area (Å²) in [5.74, 6) is 0. The summed E-state index contributed by atoms with van der Waals surface area (Å²) in [6.07, 6.45) is 9.81. The van der Waals surface area contributed by atoms with Crippen LogP contribution in [-0.2, 0) is 27.1 Å². The zero-order chi connectivity index (χ0) is 45.3. The summed E-state index contributed by atoms with van der Waals surface area (Å²) in [6, 6.07) is 32.1. The first-order chi connectivity index (χ1) is 30.6. The fourth-order valence-corrected chi connectivity index (χ4v) is 14.9. The van der Waals surface area contributed by atoms with Gasteiger partial charge in [0.15, 0.2) is 0 Å². The molecule has 0 spiro atoms. The summed E-state index contributed by atoms with van der Waals surface area (Å²) in [5, 5.41) is 3.76. The lowest BCUT2D eigenvalue weighted by atomic mass is 9.33. The highest BCUT2D eigenvalue weighted by atomic mass is 16.3. The standard InChI is InChI=1S/C60H68BN3O/c1-54(2,3)35-22-23-45-41(29-35)57(10)24-16-18-26-59(57,12)63(45)38-33-46-50-47(34-38)64-52-42(58(11)25-17-19-27-60(58,64)13)30-37(56(7,8)9)32-44(52)61(50)43-31-36(55(4,5)6)28-40-49-39-20-14-15-21-48(39)65-53(49)62(46)51(40)43/h14-15,20-23,28-34H,16-19,24-27H2,1-13H3. The van der Waals surface area contributed by atoms with E-state index in [-0.39, 0.29) is 44.9 Å². The summed E-state index contributed by atoms with van der Waals surface area (Å²) >= 11 is 0. The topological polar surface area (TPSA) is 24.6 Å². The van der Waals surface area contributed by atoms with Gasteiger partial charge in [-0.15, -0.1) is 0 Å². The van der Waals surface area contributed by atoms with Crippen molar-refractivity contribution in [3.8, 4) is 5.69 Å². The molecule has 5 heteroatoms. The molecule has 0 bridgehead atoms. The molecule has 5 aromatic carbocycles. The van der Waals surface area contributed by atoms with Gasteiger partial charge in [-0.3, -0.25) is 4.57 Å². The molecule has 0 radical (unpaired) electrons. The molecule has 0 saturated heterocycles. The minimum absolute atomic E-state index is 0.00161. The van der Waals surface area contributed by atoms with E-state index < -0.39 is 0 Å². The largest absolute Gasteiger partial charge is 0.439 e. The molecule has 2 aromatic heterocycles. The number of benzene rings is 5. The highest BCUT2D eigenvalue weighted by Crippen LogP contribution is 2.65. The van der Waals surface area contributed by atoms with E-state index in [0.717, 1.165) is 11.3 Å². The fraction of sp³-hybridized carbons (Fsp3) is 0.467. The lowest BCUT2D eigenvalue weighted by Crippen LogP contribution is -2.64. The van der Waals surface area contributed by atoms with E-state index in [1.54, 1.807) is 5.56 Å². The van der Waals surface area contributed by atoms with Crippen LogP contribution >= 0.6 is 0 Å². The van der Waals surface area contributed by atoms with Gasteiger partial charge in [-0.05, 0) is 130 Å². The number of hydrogen-bond donors (Lipinski definition) is 0. The number of hydrogen-bond acceptors (Lipinski definition) is 3. The van der Waals surface area contributed by atoms with E-state index in [2.05, 4.69) is 183 Å². The molecule has 6 aliphatic rings. The van der Waals surface area contributed by atoms with Crippen LogP contribution in [0.1, 0.15) is 169 Å². The Bertz CT molecular complexity index is 3270. The molecule has 4 atom stereocenters. The Morgan fingerprint density at radius 1 is 0.538 bits per heavy atom. The molecule has 0 amide bonds. The fourth-order valence-electron chi connectivity index (χ4n) is 14.9. The predicted molar refractivity (Wildman–Crippen MR) is 277 cm³/mol. The number of rotatable bonds is 1. The average molecular weight is 858 g/mol. The molecule has 332 valence electrons. The molecular formula is C60H68BN3O. The van der Waals surface area contributed by atoms with Gasteiger partial charge in [0, 0.05) is 50.0 Å². The molecule has 0 N–H and O–H groups in total. The highest BCUT2D eigenvalue weighted by molar-refractivity contribution is 7.00. The van der Waals surface area contributed by atoms with Crippen molar-refractivity contribution >= 4 is 78.8 Å². The first-order valence-corrected chi connectivity index (χ1v) is 25.2. The van der Waals surface area contributed by atoms with E-state index in [9.17, 15) is 0 Å². The molecule has 4 unspecified atom stereocenters. The predicted octanol–water partition coefficient (Wildman–Crippen LogP) is 14.0. The van der Waals surface area contributed by atoms with Gasteiger partial charge in [0.05, 0.1) is 22.0 Å². The smallest absolute Gasteiger partial charge is 0.252 e. The molecule has 4 aliphatic heterocycles. The number of fused-ring (bicyclic) bond motifs is 15. The summed E-state index contributed by atoms with van der Waals surface area (Å²) in [6.45, 7) is 32.1. The van der Waals surface area contributed by atoms with Crippen molar-refractivity contribution in [1.29, 1.82) is 0 Å². The van der Waals surface area contributed by atoms with Gasteiger partial charge in [-0.1, -0.05) is 150 Å². The van der Waals surface area contributed by atoms with Crippen molar-refractivity contribution in [2.75, 3.05) is 9.80 Å². The maximum atomic E-state index is 7.20. The lowest BCUT2D eigenvalue weighted by Gasteiger charge is -2.53. The number of anilines is 4. The van der Waals surface area contributed by atoms with Crippen LogP contribution in [0.5, 0.6) is 0 Å². The molecule has 2 aliphatic carbocycles. The zero-order valence-electron chi connectivity index (χ0n) is 41.5. The van der Waals surface area contributed by atoms with Gasteiger partial charge in [0.1, 0.15) is 5.58 Å². The first-order valence-electron chi connectivity index (χ1n) is 25.2. The van der Waals surface area contributed by atoms with Gasteiger partial charge in [-0.2, -0.15) is 0 Å². The van der Waals surface area contributed by atoms with Gasteiger partial charge in [0.25, 0.3) is 6.71 Å². The Balaban J connectivity index is 1.21. The third-order valence-corrected chi connectivity index (χ3v) is 19.1. The van der Waals surface area contributed by atoms with E-state index in [1.165, 1.54) is 140 Å². The molecule has 4 nitrogen and oxygen atoms in total. The van der Waals surface area contributed by atoms with Crippen molar-refractivity contribution in [2.24, 2.45) is 0 Å². The quantitative estimate of drug-likeness (QED) is 0.154. The second-order valence-corrected chi connectivity index (χ2v) is 25.6. The van der Waals surface area contributed by atoms with Gasteiger partial charge >= 0.3 is 0 Å². The Morgan fingerprint density at radius 3 is 1.82 bits per heavy atom. The van der Waals surface area contributed by atoms with E-state index >= 15 is 0 Å². The molecule has 65 heavy (non-hydrogen) atoms. The molecule has 13 rings (SSSR count). The van der Waals surface area contributed by atoms with Crippen LogP contribution in [-0.4, -0.2) is 22.4 Å². The Morgan fingerprint density at radius 2 is 1.12 bits per heavy atom. The highest BCUT2D eigenvalue weighted by Gasteiger charge is 2.63. The zero-order valence-corrected chi connectivity index (χ0v) is 41.5. The average Bonchev–Trinajstić information content (AvgIpc) is 3.90. The number of nitrogens with zero attached hydrogens (tertiary/aromatic N) is 3. The van der Waals surface area contributed by atoms with Crippen LogP contribution in [0.25, 0.3) is 38.7 Å². The molecule has 6 heterocycles. The van der Waals surface area contributed by atoms with Crippen molar-refractivity contribution in [3.05, 3.63) is 107 Å². The minimum Gasteiger partial charge on any atom is -0.439 e. The summed E-state index contributed by atoms with van der Waals surface area (Å²) < 4.78 is 9.80. The van der Waals surface area contributed by atoms with Crippen LogP contribution in [0.3, 0.4) is 0 Å². The SMILES string of the molecule is CC(C)(C)c1ccc2c(c1)C1(C)CCCCC1(C)N2c1cc2c3c(c1)-n1c4oc5ccccc5c4c4cc(C(C)(C)C)cc(c41)B3c1cc(C(C)(C)C)cc3c1N2C1(C)CCCCC31C. The van der Waals surface area contributed by atoms with E-state index in [1.807, 2.05) is 0 Å². The van der Waals surface area contributed by atoms with E-state index in [0.29, 0.717) is 0 Å². The first kappa shape index (κ1) is 40.4. The van der Waals surface area contributed by atoms with Gasteiger partial charge in [-0.25, -0.2) is 0 Å². The maximum absolute atomic E-state index is 7.20. The number of furan rings is 1. The van der Waals surface area contributed by atoms with Gasteiger partial charge < -0.3 is 14.2 Å². The normalized spacial score (nSPS) is 26.5. The molecule has 7 aromatic rings.